The molecule has 0 bridgehead atoms. The molecular formula is C16H18N2O5. The molecule has 0 spiro atoms. The van der Waals surface area contributed by atoms with Gasteiger partial charge < -0.3 is 9.84 Å². The summed E-state index contributed by atoms with van der Waals surface area (Å²) < 4.78 is 5.45. The van der Waals surface area contributed by atoms with E-state index in [2.05, 4.69) is 5.92 Å². The van der Waals surface area contributed by atoms with Crippen LogP contribution in [-0.4, -0.2) is 47.7 Å². The number of aliphatic carboxylic acids is 1. The number of carbonyl (C=O) groups is 1. The minimum atomic E-state index is -1.04. The number of carboxylic acid groups (broad SMARTS) is 1. The topological polar surface area (TPSA) is 92.9 Å². The van der Waals surface area contributed by atoms with Crippen molar-refractivity contribution in [1.82, 2.24) is 4.90 Å². The Morgan fingerprint density at radius 1 is 1.52 bits per heavy atom. The summed E-state index contributed by atoms with van der Waals surface area (Å²) >= 11 is 0. The van der Waals surface area contributed by atoms with Gasteiger partial charge in [0.1, 0.15) is 0 Å². The van der Waals surface area contributed by atoms with E-state index >= 15 is 0 Å². The quantitative estimate of drug-likeness (QED) is 0.246. The Balaban J connectivity index is 2.77. The number of likely N-dealkylation sites (N-methyl/N-ethyl adjacent to an activating group) is 1. The number of hydrogen-bond donors (Lipinski definition) is 1. The zero-order valence-electron chi connectivity index (χ0n) is 12.7. The normalized spacial score (nSPS) is 12.2. The van der Waals surface area contributed by atoms with E-state index in [4.69, 9.17) is 16.3 Å². The minimum absolute atomic E-state index is 0.0115. The largest absolute Gasteiger partial charge is 0.478 e. The Bertz CT molecular complexity index is 604. The molecule has 1 aromatic rings. The van der Waals surface area contributed by atoms with Crippen LogP contribution in [0.3, 0.4) is 0 Å². The number of benzene rings is 1. The smallest absolute Gasteiger partial charge is 0.328 e. The first-order valence-corrected chi connectivity index (χ1v) is 6.81. The number of hydrogen-bond acceptors (Lipinski definition) is 5. The average molecular weight is 318 g/mol. The summed E-state index contributed by atoms with van der Waals surface area (Å²) in [6.07, 6.45) is 7.73. The molecule has 7 nitrogen and oxygen atoms in total. The summed E-state index contributed by atoms with van der Waals surface area (Å²) in [5.41, 5.74) is 0.841. The van der Waals surface area contributed by atoms with Gasteiger partial charge in [-0.25, -0.2) is 4.79 Å². The first-order valence-electron chi connectivity index (χ1n) is 6.81. The highest BCUT2D eigenvalue weighted by Gasteiger charge is 2.17. The lowest BCUT2D eigenvalue weighted by atomic mass is 10.1. The first-order chi connectivity index (χ1) is 11.0. The second-order valence-corrected chi connectivity index (χ2v) is 4.76. The highest BCUT2D eigenvalue weighted by molar-refractivity contribution is 5.79. The van der Waals surface area contributed by atoms with Gasteiger partial charge in [-0.3, -0.25) is 15.0 Å². The summed E-state index contributed by atoms with van der Waals surface area (Å²) in [4.78, 5) is 22.5. The Morgan fingerprint density at radius 3 is 2.70 bits per heavy atom. The molecule has 23 heavy (non-hydrogen) atoms. The second kappa shape index (κ2) is 9.35. The molecule has 0 aliphatic heterocycles. The van der Waals surface area contributed by atoms with Crippen LogP contribution in [0.15, 0.2) is 36.4 Å². The van der Waals surface area contributed by atoms with Crippen molar-refractivity contribution in [2.24, 2.45) is 0 Å². The molecule has 0 radical (unpaired) electrons. The standard InChI is InChI=1S/C16H18N2O5/c1-3-10-17(2)15(12-23-11-4-5-16(19)20)13-6-8-14(9-7-13)18(21)22/h1,4-9,15H,10-12H2,2H3,(H,19,20)/b5-4+. The van der Waals surface area contributed by atoms with Crippen molar-refractivity contribution in [3.8, 4) is 12.3 Å². The first kappa shape index (κ1) is 18.4. The van der Waals surface area contributed by atoms with Crippen molar-refractivity contribution in [2.75, 3.05) is 26.8 Å². The summed E-state index contributed by atoms with van der Waals surface area (Å²) in [5.74, 6) is 1.50. The van der Waals surface area contributed by atoms with Crippen molar-refractivity contribution in [3.05, 3.63) is 52.1 Å². The molecule has 0 fully saturated rings. The van der Waals surface area contributed by atoms with Crippen LogP contribution in [-0.2, 0) is 9.53 Å². The number of ether oxygens (including phenoxy) is 1. The zero-order chi connectivity index (χ0) is 17.2. The van der Waals surface area contributed by atoms with E-state index in [1.807, 2.05) is 11.9 Å². The molecule has 0 aromatic heterocycles. The molecule has 0 heterocycles. The van der Waals surface area contributed by atoms with E-state index in [0.717, 1.165) is 11.6 Å². The SMILES string of the molecule is C#CCN(C)C(COC/C=C/C(=O)O)c1ccc([N+](=O)[O-])cc1. The predicted octanol–water partition coefficient (Wildman–Crippen LogP) is 1.86. The lowest BCUT2D eigenvalue weighted by Crippen LogP contribution is -2.28. The molecule has 0 aliphatic carbocycles. The van der Waals surface area contributed by atoms with Gasteiger partial charge in [-0.2, -0.15) is 0 Å². The van der Waals surface area contributed by atoms with Gasteiger partial charge in [0.15, 0.2) is 0 Å². The average Bonchev–Trinajstić information content (AvgIpc) is 2.51. The molecule has 1 N–H and O–H groups in total. The van der Waals surface area contributed by atoms with Crippen molar-refractivity contribution >= 4 is 11.7 Å². The van der Waals surface area contributed by atoms with Gasteiger partial charge in [0, 0.05) is 18.2 Å². The minimum Gasteiger partial charge on any atom is -0.478 e. The fourth-order valence-corrected chi connectivity index (χ4v) is 1.95. The van der Waals surface area contributed by atoms with Crippen LogP contribution in [0, 0.1) is 22.5 Å². The molecular weight excluding hydrogens is 300 g/mol. The van der Waals surface area contributed by atoms with Crippen LogP contribution in [0.5, 0.6) is 0 Å². The zero-order valence-corrected chi connectivity index (χ0v) is 12.7. The molecule has 0 aliphatic rings. The number of rotatable bonds is 9. The molecule has 1 rings (SSSR count). The third-order valence-electron chi connectivity index (χ3n) is 3.11. The summed E-state index contributed by atoms with van der Waals surface area (Å²) in [7, 11) is 1.82. The summed E-state index contributed by atoms with van der Waals surface area (Å²) in [5, 5.41) is 19.2. The van der Waals surface area contributed by atoms with Crippen molar-refractivity contribution in [3.63, 3.8) is 0 Å². The number of nitrogens with zero attached hydrogens (tertiary/aromatic N) is 2. The van der Waals surface area contributed by atoms with Gasteiger partial charge in [0.05, 0.1) is 30.7 Å². The predicted molar refractivity (Wildman–Crippen MR) is 84.9 cm³/mol. The Labute approximate surface area is 134 Å². The number of nitro groups is 1. The van der Waals surface area contributed by atoms with E-state index < -0.39 is 10.9 Å². The van der Waals surface area contributed by atoms with Gasteiger partial charge in [-0.05, 0) is 12.6 Å². The maximum atomic E-state index is 10.7. The fourth-order valence-electron chi connectivity index (χ4n) is 1.95. The molecule has 1 aromatic carbocycles. The number of terminal acetylenes is 1. The van der Waals surface area contributed by atoms with Crippen LogP contribution in [0.25, 0.3) is 0 Å². The molecule has 0 saturated carbocycles. The van der Waals surface area contributed by atoms with Crippen molar-refractivity contribution in [1.29, 1.82) is 0 Å². The third-order valence-corrected chi connectivity index (χ3v) is 3.11. The van der Waals surface area contributed by atoms with E-state index in [0.29, 0.717) is 6.54 Å². The molecule has 1 atom stereocenters. The molecule has 7 heteroatoms. The maximum absolute atomic E-state index is 10.7. The van der Waals surface area contributed by atoms with Crippen molar-refractivity contribution < 1.29 is 19.6 Å². The van der Waals surface area contributed by atoms with E-state index in [9.17, 15) is 14.9 Å². The number of non-ortho nitro benzene ring substituents is 1. The Kier molecular flexibility index (Phi) is 7.47. The van der Waals surface area contributed by atoms with Gasteiger partial charge in [-0.15, -0.1) is 6.42 Å². The highest BCUT2D eigenvalue weighted by Crippen LogP contribution is 2.22. The highest BCUT2D eigenvalue weighted by atomic mass is 16.6. The second-order valence-electron chi connectivity index (χ2n) is 4.76. The fraction of sp³-hybridized carbons (Fsp3) is 0.312. The van der Waals surface area contributed by atoms with Crippen LogP contribution in [0.1, 0.15) is 11.6 Å². The van der Waals surface area contributed by atoms with Gasteiger partial charge in [0.25, 0.3) is 5.69 Å². The number of carboxylic acids is 1. The Hall–Kier alpha value is -2.69. The van der Waals surface area contributed by atoms with Crippen LogP contribution >= 0.6 is 0 Å². The lowest BCUT2D eigenvalue weighted by molar-refractivity contribution is -0.384. The van der Waals surface area contributed by atoms with Crippen LogP contribution in [0.4, 0.5) is 5.69 Å². The molecule has 1 unspecified atom stereocenters. The number of nitro benzene ring substituents is 1. The monoisotopic (exact) mass is 318 g/mol. The maximum Gasteiger partial charge on any atom is 0.328 e. The Morgan fingerprint density at radius 2 is 2.17 bits per heavy atom. The summed E-state index contributed by atoms with van der Waals surface area (Å²) in [6.45, 7) is 0.815. The van der Waals surface area contributed by atoms with Crippen LogP contribution in [0.2, 0.25) is 0 Å². The van der Waals surface area contributed by atoms with E-state index in [-0.39, 0.29) is 24.9 Å². The lowest BCUT2D eigenvalue weighted by Gasteiger charge is -2.26. The van der Waals surface area contributed by atoms with Crippen LogP contribution < -0.4 is 0 Å². The molecule has 122 valence electrons. The van der Waals surface area contributed by atoms with E-state index in [1.165, 1.54) is 18.2 Å². The van der Waals surface area contributed by atoms with E-state index in [1.54, 1.807) is 12.1 Å². The van der Waals surface area contributed by atoms with Crippen molar-refractivity contribution in [2.45, 2.75) is 6.04 Å². The summed E-state index contributed by atoms with van der Waals surface area (Å²) in [6, 6.07) is 5.98. The molecule has 0 saturated heterocycles. The molecule has 0 amide bonds. The van der Waals surface area contributed by atoms with Gasteiger partial charge in [-0.1, -0.05) is 24.1 Å². The third kappa shape index (κ3) is 6.30. The van der Waals surface area contributed by atoms with Gasteiger partial charge in [0.2, 0.25) is 0 Å². The van der Waals surface area contributed by atoms with Gasteiger partial charge >= 0.3 is 5.97 Å².